The lowest BCUT2D eigenvalue weighted by Crippen LogP contribution is -2.04. The first-order chi connectivity index (χ1) is 7.16. The average Bonchev–Trinajstić information content (AvgIpc) is 2.68. The Labute approximate surface area is 102 Å². The van der Waals surface area contributed by atoms with Crippen LogP contribution in [0, 0.1) is 3.57 Å². The first-order valence-corrected chi connectivity index (χ1v) is 5.68. The van der Waals surface area contributed by atoms with Crippen LogP contribution in [0.1, 0.15) is 18.7 Å². The molecule has 0 aliphatic heterocycles. The summed E-state index contributed by atoms with van der Waals surface area (Å²) < 4.78 is 2.93. The van der Waals surface area contributed by atoms with Crippen LogP contribution in [0.3, 0.4) is 0 Å². The summed E-state index contributed by atoms with van der Waals surface area (Å²) in [5.41, 5.74) is 7.51. The SMILES string of the molecule is CC(N)c1cn(-c2ccc(I)cc2)nn1. The van der Waals surface area contributed by atoms with Gasteiger partial charge in [-0.3, -0.25) is 0 Å². The molecule has 1 unspecified atom stereocenters. The Bertz CT molecular complexity index is 447. The van der Waals surface area contributed by atoms with Gasteiger partial charge in [-0.15, -0.1) is 5.10 Å². The molecule has 5 heteroatoms. The van der Waals surface area contributed by atoms with Crippen molar-refractivity contribution in [2.24, 2.45) is 5.73 Å². The van der Waals surface area contributed by atoms with Crippen LogP contribution in [0.5, 0.6) is 0 Å². The molecule has 0 fully saturated rings. The van der Waals surface area contributed by atoms with Gasteiger partial charge in [-0.05, 0) is 53.8 Å². The minimum atomic E-state index is -0.0809. The van der Waals surface area contributed by atoms with Gasteiger partial charge in [0.15, 0.2) is 0 Å². The molecule has 1 aromatic carbocycles. The van der Waals surface area contributed by atoms with Crippen molar-refractivity contribution in [3.05, 3.63) is 39.7 Å². The lowest BCUT2D eigenvalue weighted by atomic mass is 10.3. The Hall–Kier alpha value is -0.950. The predicted octanol–water partition coefficient (Wildman–Crippen LogP) is 1.89. The van der Waals surface area contributed by atoms with E-state index in [0.29, 0.717) is 0 Å². The van der Waals surface area contributed by atoms with E-state index in [-0.39, 0.29) is 6.04 Å². The quantitative estimate of drug-likeness (QED) is 0.861. The topological polar surface area (TPSA) is 56.7 Å². The zero-order chi connectivity index (χ0) is 10.8. The maximum Gasteiger partial charge on any atom is 0.0995 e. The van der Waals surface area contributed by atoms with Gasteiger partial charge >= 0.3 is 0 Å². The molecule has 2 rings (SSSR count). The average molecular weight is 314 g/mol. The summed E-state index contributed by atoms with van der Waals surface area (Å²) in [6.07, 6.45) is 1.85. The molecular formula is C10H11IN4. The van der Waals surface area contributed by atoms with E-state index in [0.717, 1.165) is 11.4 Å². The Morgan fingerprint density at radius 2 is 2.00 bits per heavy atom. The molecule has 0 amide bonds. The smallest absolute Gasteiger partial charge is 0.0995 e. The fourth-order valence-corrected chi connectivity index (χ4v) is 1.56. The lowest BCUT2D eigenvalue weighted by Gasteiger charge is -1.99. The van der Waals surface area contributed by atoms with Crippen molar-refractivity contribution >= 4 is 22.6 Å². The van der Waals surface area contributed by atoms with Crippen LogP contribution >= 0.6 is 22.6 Å². The lowest BCUT2D eigenvalue weighted by molar-refractivity contribution is 0.756. The van der Waals surface area contributed by atoms with E-state index >= 15 is 0 Å². The van der Waals surface area contributed by atoms with Gasteiger partial charge in [0.1, 0.15) is 0 Å². The Kier molecular flexibility index (Phi) is 3.01. The van der Waals surface area contributed by atoms with Gasteiger partial charge in [-0.25, -0.2) is 4.68 Å². The molecule has 0 aliphatic rings. The van der Waals surface area contributed by atoms with Crippen molar-refractivity contribution in [1.29, 1.82) is 0 Å². The highest BCUT2D eigenvalue weighted by Crippen LogP contribution is 2.12. The maximum absolute atomic E-state index is 5.71. The van der Waals surface area contributed by atoms with Gasteiger partial charge in [0.2, 0.25) is 0 Å². The predicted molar refractivity (Wildman–Crippen MR) is 66.7 cm³/mol. The minimum Gasteiger partial charge on any atom is -0.323 e. The second-order valence-corrected chi connectivity index (χ2v) is 4.60. The number of hydrogen-bond acceptors (Lipinski definition) is 3. The summed E-state index contributed by atoms with van der Waals surface area (Å²) in [6, 6.07) is 7.98. The molecule has 0 aliphatic carbocycles. The second-order valence-electron chi connectivity index (χ2n) is 3.35. The molecule has 0 bridgehead atoms. The van der Waals surface area contributed by atoms with Crippen LogP contribution in [-0.2, 0) is 0 Å². The highest BCUT2D eigenvalue weighted by atomic mass is 127. The van der Waals surface area contributed by atoms with Crippen LogP contribution in [-0.4, -0.2) is 15.0 Å². The van der Waals surface area contributed by atoms with Crippen LogP contribution in [0.4, 0.5) is 0 Å². The van der Waals surface area contributed by atoms with Crippen LogP contribution in [0.2, 0.25) is 0 Å². The molecule has 0 saturated heterocycles. The largest absolute Gasteiger partial charge is 0.323 e. The van der Waals surface area contributed by atoms with Gasteiger partial charge in [-0.1, -0.05) is 5.21 Å². The molecule has 15 heavy (non-hydrogen) atoms. The molecule has 78 valence electrons. The first-order valence-electron chi connectivity index (χ1n) is 4.60. The molecule has 0 spiro atoms. The Morgan fingerprint density at radius 3 is 2.53 bits per heavy atom. The first kappa shape index (κ1) is 10.6. The number of halogens is 1. The van der Waals surface area contributed by atoms with E-state index in [4.69, 9.17) is 5.73 Å². The highest BCUT2D eigenvalue weighted by molar-refractivity contribution is 14.1. The van der Waals surface area contributed by atoms with E-state index in [1.165, 1.54) is 3.57 Å². The fraction of sp³-hybridized carbons (Fsp3) is 0.200. The summed E-state index contributed by atoms with van der Waals surface area (Å²) in [5, 5.41) is 8.02. The van der Waals surface area contributed by atoms with Crippen molar-refractivity contribution in [2.75, 3.05) is 0 Å². The van der Waals surface area contributed by atoms with Crippen molar-refractivity contribution in [3.8, 4) is 5.69 Å². The summed E-state index contributed by atoms with van der Waals surface area (Å²) in [5.74, 6) is 0. The monoisotopic (exact) mass is 314 g/mol. The summed E-state index contributed by atoms with van der Waals surface area (Å²) in [6.45, 7) is 1.89. The van der Waals surface area contributed by atoms with Crippen LogP contribution in [0.15, 0.2) is 30.5 Å². The van der Waals surface area contributed by atoms with Crippen LogP contribution in [0.25, 0.3) is 5.69 Å². The number of nitrogens with zero attached hydrogens (tertiary/aromatic N) is 3. The van der Waals surface area contributed by atoms with E-state index < -0.39 is 0 Å². The van der Waals surface area contributed by atoms with E-state index in [1.54, 1.807) is 4.68 Å². The third-order valence-corrected chi connectivity index (χ3v) is 2.79. The molecule has 0 radical (unpaired) electrons. The van der Waals surface area contributed by atoms with E-state index in [2.05, 4.69) is 32.9 Å². The van der Waals surface area contributed by atoms with E-state index in [1.807, 2.05) is 37.4 Å². The summed E-state index contributed by atoms with van der Waals surface area (Å²) in [7, 11) is 0. The van der Waals surface area contributed by atoms with Gasteiger partial charge in [0.05, 0.1) is 17.6 Å². The Balaban J connectivity index is 2.33. The molecule has 2 aromatic rings. The van der Waals surface area contributed by atoms with Gasteiger partial charge in [0.25, 0.3) is 0 Å². The minimum absolute atomic E-state index is 0.0809. The summed E-state index contributed by atoms with van der Waals surface area (Å²) >= 11 is 2.27. The molecular weight excluding hydrogens is 303 g/mol. The van der Waals surface area contributed by atoms with Crippen molar-refractivity contribution < 1.29 is 0 Å². The van der Waals surface area contributed by atoms with Gasteiger partial charge < -0.3 is 5.73 Å². The summed E-state index contributed by atoms with van der Waals surface area (Å²) in [4.78, 5) is 0. The van der Waals surface area contributed by atoms with Crippen molar-refractivity contribution in [3.63, 3.8) is 0 Å². The van der Waals surface area contributed by atoms with Crippen molar-refractivity contribution in [1.82, 2.24) is 15.0 Å². The Morgan fingerprint density at radius 1 is 1.33 bits per heavy atom. The van der Waals surface area contributed by atoms with Gasteiger partial charge in [0, 0.05) is 9.61 Å². The third kappa shape index (κ3) is 2.35. The third-order valence-electron chi connectivity index (χ3n) is 2.07. The van der Waals surface area contributed by atoms with Crippen LogP contribution < -0.4 is 5.73 Å². The normalized spacial score (nSPS) is 12.7. The number of benzene rings is 1. The standard InChI is InChI=1S/C10H11IN4/c1-7(12)10-6-15(14-13-10)9-4-2-8(11)3-5-9/h2-7H,12H2,1H3. The molecule has 1 atom stereocenters. The molecule has 2 N–H and O–H groups in total. The number of rotatable bonds is 2. The molecule has 0 saturated carbocycles. The van der Waals surface area contributed by atoms with Crippen molar-refractivity contribution in [2.45, 2.75) is 13.0 Å². The molecule has 1 heterocycles. The fourth-order valence-electron chi connectivity index (χ4n) is 1.21. The zero-order valence-corrected chi connectivity index (χ0v) is 10.4. The maximum atomic E-state index is 5.71. The second kappa shape index (κ2) is 4.28. The molecule has 1 aromatic heterocycles. The van der Waals surface area contributed by atoms with Gasteiger partial charge in [-0.2, -0.15) is 0 Å². The number of aromatic nitrogens is 3. The molecule has 4 nitrogen and oxygen atoms in total. The number of hydrogen-bond donors (Lipinski definition) is 1. The van der Waals surface area contributed by atoms with E-state index in [9.17, 15) is 0 Å². The highest BCUT2D eigenvalue weighted by Gasteiger charge is 2.05. The zero-order valence-electron chi connectivity index (χ0n) is 8.26. The number of nitrogens with two attached hydrogens (primary N) is 1.